The Kier molecular flexibility index (Phi) is 10.7. The van der Waals surface area contributed by atoms with Crippen molar-refractivity contribution in [3.8, 4) is 5.75 Å². The fraction of sp³-hybridized carbons (Fsp3) is 0.350. The molecule has 0 fully saturated rings. The van der Waals surface area contributed by atoms with E-state index in [4.69, 9.17) is 9.47 Å². The van der Waals surface area contributed by atoms with Crippen molar-refractivity contribution in [2.24, 2.45) is 4.99 Å². The molecule has 0 amide bonds. The summed E-state index contributed by atoms with van der Waals surface area (Å²) in [4.78, 5) is 4.26. The first kappa shape index (κ1) is 22.2. The van der Waals surface area contributed by atoms with E-state index in [1.165, 1.54) is 16.7 Å². The molecular weight excluding hydrogens is 441 g/mol. The van der Waals surface area contributed by atoms with Gasteiger partial charge in [0.2, 0.25) is 0 Å². The molecule has 0 atom stereocenters. The van der Waals surface area contributed by atoms with E-state index in [2.05, 4.69) is 52.0 Å². The van der Waals surface area contributed by atoms with Gasteiger partial charge in [-0.05, 0) is 35.2 Å². The highest BCUT2D eigenvalue weighted by molar-refractivity contribution is 14.0. The topological polar surface area (TPSA) is 54.9 Å². The highest BCUT2D eigenvalue weighted by Gasteiger charge is 2.00. The van der Waals surface area contributed by atoms with E-state index in [9.17, 15) is 0 Å². The number of hydrogen-bond donors (Lipinski definition) is 2. The molecule has 2 rings (SSSR count). The van der Waals surface area contributed by atoms with Gasteiger partial charge in [-0.25, -0.2) is 0 Å². The zero-order chi connectivity index (χ0) is 17.9. The second-order valence-corrected chi connectivity index (χ2v) is 5.70. The molecule has 2 aromatic rings. The average molecular weight is 469 g/mol. The zero-order valence-corrected chi connectivity index (χ0v) is 17.9. The number of nitrogens with one attached hydrogen (secondary N) is 2. The normalized spacial score (nSPS) is 10.8. The molecule has 0 saturated carbocycles. The fourth-order valence-electron chi connectivity index (χ4n) is 2.44. The van der Waals surface area contributed by atoms with Crippen LogP contribution in [0.25, 0.3) is 0 Å². The van der Waals surface area contributed by atoms with Gasteiger partial charge in [-0.15, -0.1) is 24.0 Å². The van der Waals surface area contributed by atoms with Crippen LogP contribution >= 0.6 is 24.0 Å². The van der Waals surface area contributed by atoms with Crippen LogP contribution in [-0.2, 0) is 24.3 Å². The molecule has 5 nitrogen and oxygen atoms in total. The third kappa shape index (κ3) is 7.61. The number of ether oxygens (including phenoxy) is 2. The molecule has 0 aromatic heterocycles. The summed E-state index contributed by atoms with van der Waals surface area (Å²) in [6.45, 7) is 2.19. The van der Waals surface area contributed by atoms with E-state index < -0.39 is 0 Å². The van der Waals surface area contributed by atoms with E-state index in [0.717, 1.165) is 31.2 Å². The number of nitrogens with zero attached hydrogens (tertiary/aromatic N) is 1. The maximum absolute atomic E-state index is 5.17. The first-order chi connectivity index (χ1) is 12.2. The largest absolute Gasteiger partial charge is 0.497 e. The summed E-state index contributed by atoms with van der Waals surface area (Å²) in [6.07, 6.45) is 0.927. The van der Waals surface area contributed by atoms with Crippen LogP contribution in [0.2, 0.25) is 0 Å². The third-order valence-corrected chi connectivity index (χ3v) is 3.88. The lowest BCUT2D eigenvalue weighted by Crippen LogP contribution is -2.37. The number of methoxy groups -OCH3 is 2. The summed E-state index contributed by atoms with van der Waals surface area (Å²) in [6, 6.07) is 16.5. The van der Waals surface area contributed by atoms with Crippen molar-refractivity contribution in [3.05, 3.63) is 65.2 Å². The quantitative estimate of drug-likeness (QED) is 0.354. The van der Waals surface area contributed by atoms with Crippen LogP contribution in [0.5, 0.6) is 5.75 Å². The molecule has 26 heavy (non-hydrogen) atoms. The van der Waals surface area contributed by atoms with Crippen LogP contribution in [-0.4, -0.2) is 33.8 Å². The van der Waals surface area contributed by atoms with Crippen LogP contribution in [0.3, 0.4) is 0 Å². The van der Waals surface area contributed by atoms with Crippen LogP contribution in [0.1, 0.15) is 16.7 Å². The van der Waals surface area contributed by atoms with E-state index in [-0.39, 0.29) is 24.0 Å². The molecule has 0 bridgehead atoms. The first-order valence-corrected chi connectivity index (χ1v) is 8.39. The third-order valence-electron chi connectivity index (χ3n) is 3.88. The number of benzene rings is 2. The minimum atomic E-state index is 0. The molecule has 142 valence electrons. The van der Waals surface area contributed by atoms with Gasteiger partial charge in [-0.2, -0.15) is 0 Å². The number of aliphatic imine (C=N–C) groups is 1. The predicted octanol–water partition coefficient (Wildman–Crippen LogP) is 3.37. The Morgan fingerprint density at radius 3 is 2.08 bits per heavy atom. The van der Waals surface area contributed by atoms with Crippen LogP contribution in [0, 0.1) is 0 Å². The van der Waals surface area contributed by atoms with Crippen molar-refractivity contribution in [2.75, 3.05) is 27.8 Å². The summed E-state index contributed by atoms with van der Waals surface area (Å²) in [5.74, 6) is 1.68. The van der Waals surface area contributed by atoms with Gasteiger partial charge in [-0.1, -0.05) is 36.4 Å². The monoisotopic (exact) mass is 469 g/mol. The molecule has 0 radical (unpaired) electrons. The van der Waals surface area contributed by atoms with Gasteiger partial charge in [0.1, 0.15) is 5.75 Å². The molecular formula is C20H28IN3O2. The van der Waals surface area contributed by atoms with Crippen molar-refractivity contribution in [1.82, 2.24) is 10.6 Å². The second kappa shape index (κ2) is 12.5. The summed E-state index contributed by atoms with van der Waals surface area (Å²) >= 11 is 0. The van der Waals surface area contributed by atoms with Crippen LogP contribution in [0.15, 0.2) is 53.5 Å². The maximum atomic E-state index is 5.17. The highest BCUT2D eigenvalue weighted by Crippen LogP contribution is 2.11. The molecule has 0 aliphatic heterocycles. The molecule has 6 heteroatoms. The number of halogens is 1. The average Bonchev–Trinajstić information content (AvgIpc) is 2.66. The predicted molar refractivity (Wildman–Crippen MR) is 117 cm³/mol. The van der Waals surface area contributed by atoms with E-state index in [1.807, 2.05) is 12.1 Å². The Balaban J connectivity index is 0.00000338. The van der Waals surface area contributed by atoms with Crippen molar-refractivity contribution in [2.45, 2.75) is 19.6 Å². The lowest BCUT2D eigenvalue weighted by atomic mass is 10.1. The van der Waals surface area contributed by atoms with Crippen LogP contribution < -0.4 is 15.4 Å². The first-order valence-electron chi connectivity index (χ1n) is 8.39. The summed E-state index contributed by atoms with van der Waals surface area (Å²) in [5.41, 5.74) is 3.64. The molecule has 0 aliphatic rings. The van der Waals surface area contributed by atoms with Crippen molar-refractivity contribution in [1.29, 1.82) is 0 Å². The summed E-state index contributed by atoms with van der Waals surface area (Å²) in [7, 11) is 5.17. The minimum Gasteiger partial charge on any atom is -0.497 e. The van der Waals surface area contributed by atoms with E-state index in [1.54, 1.807) is 21.3 Å². The van der Waals surface area contributed by atoms with Gasteiger partial charge in [0.25, 0.3) is 0 Å². The Morgan fingerprint density at radius 1 is 0.885 bits per heavy atom. The molecule has 0 heterocycles. The molecule has 2 aromatic carbocycles. The maximum Gasteiger partial charge on any atom is 0.191 e. The van der Waals surface area contributed by atoms with Gasteiger partial charge in [0.05, 0.1) is 13.7 Å². The standard InChI is InChI=1S/C20H27N3O2.HI/c1-21-20(22-13-12-16-8-10-19(25-3)11-9-16)23-14-17-4-6-18(7-5-17)15-24-2;/h4-11H,12-15H2,1-3H3,(H2,21,22,23);1H. The Bertz CT molecular complexity index is 658. The Morgan fingerprint density at radius 2 is 1.50 bits per heavy atom. The molecule has 0 spiro atoms. The number of rotatable bonds is 8. The molecule has 0 unspecified atom stereocenters. The van der Waals surface area contributed by atoms with Gasteiger partial charge in [0, 0.05) is 27.2 Å². The molecule has 0 aliphatic carbocycles. The SMILES string of the molecule is CN=C(NCCc1ccc(OC)cc1)NCc1ccc(COC)cc1.I. The molecule has 2 N–H and O–H groups in total. The van der Waals surface area contributed by atoms with Gasteiger partial charge in [0.15, 0.2) is 5.96 Å². The van der Waals surface area contributed by atoms with Gasteiger partial charge >= 0.3 is 0 Å². The van der Waals surface area contributed by atoms with Gasteiger partial charge < -0.3 is 20.1 Å². The summed E-state index contributed by atoms with van der Waals surface area (Å²) in [5, 5.41) is 6.67. The van der Waals surface area contributed by atoms with E-state index >= 15 is 0 Å². The number of hydrogen-bond acceptors (Lipinski definition) is 3. The second-order valence-electron chi connectivity index (χ2n) is 5.70. The van der Waals surface area contributed by atoms with Crippen molar-refractivity contribution in [3.63, 3.8) is 0 Å². The Hall–Kier alpha value is -1.80. The van der Waals surface area contributed by atoms with Crippen LogP contribution in [0.4, 0.5) is 0 Å². The summed E-state index contributed by atoms with van der Waals surface area (Å²) < 4.78 is 10.3. The fourth-order valence-corrected chi connectivity index (χ4v) is 2.44. The lowest BCUT2D eigenvalue weighted by Gasteiger charge is -2.12. The van der Waals surface area contributed by atoms with Gasteiger partial charge in [-0.3, -0.25) is 4.99 Å². The smallest absolute Gasteiger partial charge is 0.191 e. The minimum absolute atomic E-state index is 0. The molecule has 0 saturated heterocycles. The zero-order valence-electron chi connectivity index (χ0n) is 15.6. The highest BCUT2D eigenvalue weighted by atomic mass is 127. The Labute approximate surface area is 173 Å². The van der Waals surface area contributed by atoms with Crippen molar-refractivity contribution < 1.29 is 9.47 Å². The number of guanidine groups is 1. The van der Waals surface area contributed by atoms with Crippen molar-refractivity contribution >= 4 is 29.9 Å². The van der Waals surface area contributed by atoms with E-state index in [0.29, 0.717) is 6.61 Å². The lowest BCUT2D eigenvalue weighted by molar-refractivity contribution is 0.185.